The summed E-state index contributed by atoms with van der Waals surface area (Å²) in [6.07, 6.45) is 3.53. The zero-order valence-electron chi connectivity index (χ0n) is 14.7. The molecule has 0 aromatic heterocycles. The Labute approximate surface area is 153 Å². The van der Waals surface area contributed by atoms with Crippen molar-refractivity contribution in [3.63, 3.8) is 0 Å². The number of carbonyl (C=O) groups is 2. The second-order valence-electron chi connectivity index (χ2n) is 6.89. The van der Waals surface area contributed by atoms with Crippen molar-refractivity contribution in [3.8, 4) is 0 Å². The molecule has 2 aliphatic rings. The first-order chi connectivity index (χ1) is 12.7. The van der Waals surface area contributed by atoms with Gasteiger partial charge in [-0.15, -0.1) is 0 Å². The van der Waals surface area contributed by atoms with Crippen molar-refractivity contribution in [2.24, 2.45) is 0 Å². The molecule has 1 fully saturated rings. The molecule has 1 aliphatic carbocycles. The summed E-state index contributed by atoms with van der Waals surface area (Å²) >= 11 is 0. The number of likely N-dealkylation sites (tertiary alicyclic amines) is 1. The number of fused-ring (bicyclic) bond motifs is 1. The largest absolute Gasteiger partial charge is 0.355 e. The van der Waals surface area contributed by atoms with Gasteiger partial charge in [0.1, 0.15) is 0 Å². The van der Waals surface area contributed by atoms with Crippen LogP contribution in [0.1, 0.15) is 35.2 Å². The lowest BCUT2D eigenvalue weighted by Gasteiger charge is -2.30. The van der Waals surface area contributed by atoms with Gasteiger partial charge in [-0.1, -0.05) is 48.9 Å². The molecule has 0 amide bonds. The van der Waals surface area contributed by atoms with E-state index in [0.717, 1.165) is 42.9 Å². The lowest BCUT2D eigenvalue weighted by Crippen LogP contribution is -2.37. The average molecular weight is 346 g/mol. The molecular weight excluding hydrogens is 324 g/mol. The fourth-order valence-corrected chi connectivity index (χ4v) is 3.74. The standard InChI is InChI=1S/C22H22N2O2/c25-21-18-12-6-5-11-17(18)20(23-16-9-3-1-4-10-16)19(22(21)26)15-24-13-7-2-8-14-24/h1,3-6,9-12,23H,2,7-8,13-15H2. The van der Waals surface area contributed by atoms with Gasteiger partial charge in [-0.2, -0.15) is 0 Å². The van der Waals surface area contributed by atoms with E-state index in [0.29, 0.717) is 17.7 Å². The monoisotopic (exact) mass is 346 g/mol. The van der Waals surface area contributed by atoms with Gasteiger partial charge in [-0.25, -0.2) is 0 Å². The molecule has 0 unspecified atom stereocenters. The van der Waals surface area contributed by atoms with Crippen LogP contribution in [0.2, 0.25) is 0 Å². The highest BCUT2D eigenvalue weighted by atomic mass is 16.2. The third-order valence-electron chi connectivity index (χ3n) is 5.10. The van der Waals surface area contributed by atoms with E-state index in [1.54, 1.807) is 12.1 Å². The van der Waals surface area contributed by atoms with E-state index in [4.69, 9.17) is 0 Å². The van der Waals surface area contributed by atoms with E-state index in [1.807, 2.05) is 42.5 Å². The Bertz CT molecular complexity index is 865. The van der Waals surface area contributed by atoms with Crippen LogP contribution in [0.5, 0.6) is 0 Å². The number of carbonyl (C=O) groups excluding carboxylic acids is 2. The van der Waals surface area contributed by atoms with Crippen LogP contribution in [0.25, 0.3) is 5.70 Å². The van der Waals surface area contributed by atoms with Gasteiger partial charge in [0.25, 0.3) is 0 Å². The van der Waals surface area contributed by atoms with Gasteiger partial charge in [0, 0.05) is 28.9 Å². The predicted molar refractivity (Wildman–Crippen MR) is 103 cm³/mol. The van der Waals surface area contributed by atoms with Crippen LogP contribution in [-0.4, -0.2) is 36.1 Å². The molecule has 1 saturated heterocycles. The van der Waals surface area contributed by atoms with Crippen LogP contribution in [0.4, 0.5) is 5.69 Å². The zero-order valence-corrected chi connectivity index (χ0v) is 14.7. The minimum atomic E-state index is -0.397. The van der Waals surface area contributed by atoms with E-state index >= 15 is 0 Å². The predicted octanol–water partition coefficient (Wildman–Crippen LogP) is 3.76. The summed E-state index contributed by atoms with van der Waals surface area (Å²) in [6, 6.07) is 17.2. The van der Waals surface area contributed by atoms with E-state index in [9.17, 15) is 9.59 Å². The maximum Gasteiger partial charge on any atom is 0.233 e. The van der Waals surface area contributed by atoms with Crippen LogP contribution in [-0.2, 0) is 4.79 Å². The minimum absolute atomic E-state index is 0.382. The Kier molecular flexibility index (Phi) is 4.67. The van der Waals surface area contributed by atoms with E-state index in [1.165, 1.54) is 6.42 Å². The zero-order chi connectivity index (χ0) is 17.9. The van der Waals surface area contributed by atoms with Crippen molar-refractivity contribution < 1.29 is 9.59 Å². The number of anilines is 1. The highest BCUT2D eigenvalue weighted by Gasteiger charge is 2.33. The summed E-state index contributed by atoms with van der Waals surface area (Å²) in [5.41, 5.74) is 3.56. The van der Waals surface area contributed by atoms with Gasteiger partial charge in [-0.3, -0.25) is 14.5 Å². The Balaban J connectivity index is 1.78. The van der Waals surface area contributed by atoms with Crippen molar-refractivity contribution in [2.75, 3.05) is 25.0 Å². The molecule has 2 aromatic rings. The van der Waals surface area contributed by atoms with Crippen molar-refractivity contribution in [1.82, 2.24) is 4.90 Å². The number of piperidine rings is 1. The molecule has 2 aromatic carbocycles. The molecule has 132 valence electrons. The number of benzene rings is 2. The maximum absolute atomic E-state index is 12.9. The van der Waals surface area contributed by atoms with Gasteiger partial charge in [0.15, 0.2) is 0 Å². The molecular formula is C22H22N2O2. The maximum atomic E-state index is 12.9. The smallest absolute Gasteiger partial charge is 0.233 e. The molecule has 4 nitrogen and oxygen atoms in total. The van der Waals surface area contributed by atoms with Crippen molar-refractivity contribution in [3.05, 3.63) is 71.3 Å². The SMILES string of the molecule is O=C1C(=O)c2ccccc2C(Nc2ccccc2)=C1CN1CCCCC1. The van der Waals surface area contributed by atoms with Gasteiger partial charge < -0.3 is 5.32 Å². The molecule has 1 N–H and O–H groups in total. The van der Waals surface area contributed by atoms with Crippen LogP contribution in [0, 0.1) is 0 Å². The Morgan fingerprint density at radius 2 is 1.42 bits per heavy atom. The Morgan fingerprint density at radius 3 is 2.15 bits per heavy atom. The molecule has 0 atom stereocenters. The minimum Gasteiger partial charge on any atom is -0.355 e. The number of Topliss-reactive ketones (excluding diaryl/α,β-unsaturated/α-hetero) is 2. The summed E-state index contributed by atoms with van der Waals surface area (Å²) < 4.78 is 0. The molecule has 0 saturated carbocycles. The summed E-state index contributed by atoms with van der Waals surface area (Å²) in [5.74, 6) is -0.779. The van der Waals surface area contributed by atoms with Crippen molar-refractivity contribution in [1.29, 1.82) is 0 Å². The molecule has 1 heterocycles. The number of para-hydroxylation sites is 1. The number of nitrogens with one attached hydrogen (secondary N) is 1. The van der Waals surface area contributed by atoms with Crippen LogP contribution in [0.3, 0.4) is 0 Å². The van der Waals surface area contributed by atoms with E-state index in [-0.39, 0.29) is 5.78 Å². The molecule has 26 heavy (non-hydrogen) atoms. The summed E-state index contributed by atoms with van der Waals surface area (Å²) in [7, 11) is 0. The number of nitrogens with zero attached hydrogens (tertiary/aromatic N) is 1. The van der Waals surface area contributed by atoms with Crippen LogP contribution >= 0.6 is 0 Å². The molecule has 0 spiro atoms. The second kappa shape index (κ2) is 7.26. The van der Waals surface area contributed by atoms with Crippen molar-refractivity contribution in [2.45, 2.75) is 19.3 Å². The fourth-order valence-electron chi connectivity index (χ4n) is 3.74. The molecule has 0 bridgehead atoms. The van der Waals surface area contributed by atoms with Crippen LogP contribution < -0.4 is 5.32 Å². The normalized spacial score (nSPS) is 18.0. The Morgan fingerprint density at radius 1 is 0.769 bits per heavy atom. The fraction of sp³-hybridized carbons (Fsp3) is 0.273. The van der Waals surface area contributed by atoms with Gasteiger partial charge in [0.05, 0.1) is 5.70 Å². The molecule has 4 heteroatoms. The molecule has 0 radical (unpaired) electrons. The Hall–Kier alpha value is -2.72. The van der Waals surface area contributed by atoms with Gasteiger partial charge in [-0.05, 0) is 38.1 Å². The first kappa shape index (κ1) is 16.7. The third kappa shape index (κ3) is 3.20. The highest BCUT2D eigenvalue weighted by Crippen LogP contribution is 2.31. The van der Waals surface area contributed by atoms with Gasteiger partial charge >= 0.3 is 0 Å². The van der Waals surface area contributed by atoms with Crippen LogP contribution in [0.15, 0.2) is 60.2 Å². The number of ketones is 2. The van der Waals surface area contributed by atoms with Gasteiger partial charge in [0.2, 0.25) is 11.6 Å². The van der Waals surface area contributed by atoms with Crippen molar-refractivity contribution >= 4 is 23.0 Å². The third-order valence-corrected chi connectivity index (χ3v) is 5.10. The molecule has 4 rings (SSSR count). The number of hydrogen-bond donors (Lipinski definition) is 1. The first-order valence-corrected chi connectivity index (χ1v) is 9.20. The topological polar surface area (TPSA) is 49.4 Å². The highest BCUT2D eigenvalue weighted by molar-refractivity contribution is 6.52. The lowest BCUT2D eigenvalue weighted by molar-refractivity contribution is -0.112. The summed E-state index contributed by atoms with van der Waals surface area (Å²) in [4.78, 5) is 27.8. The average Bonchev–Trinajstić information content (AvgIpc) is 2.70. The summed E-state index contributed by atoms with van der Waals surface area (Å²) in [6.45, 7) is 2.48. The first-order valence-electron chi connectivity index (χ1n) is 9.20. The number of rotatable bonds is 4. The quantitative estimate of drug-likeness (QED) is 0.857. The van der Waals surface area contributed by atoms with E-state index in [2.05, 4.69) is 10.2 Å². The number of hydrogen-bond acceptors (Lipinski definition) is 4. The second-order valence-corrected chi connectivity index (χ2v) is 6.89. The molecule has 1 aliphatic heterocycles. The lowest BCUT2D eigenvalue weighted by atomic mass is 9.86. The van der Waals surface area contributed by atoms with E-state index < -0.39 is 5.78 Å². The summed E-state index contributed by atoms with van der Waals surface area (Å²) in [5, 5.41) is 3.41.